The van der Waals surface area contributed by atoms with Gasteiger partial charge >= 0.3 is 11.9 Å². The van der Waals surface area contributed by atoms with E-state index in [-0.39, 0.29) is 29.4 Å². The Bertz CT molecular complexity index is 878. The number of carbonyl (C=O) groups excluding carboxylic acids is 2. The molecule has 7 nitrogen and oxygen atoms in total. The maximum Gasteiger partial charge on any atom is 0.338 e. The van der Waals surface area contributed by atoms with Crippen LogP contribution in [0.25, 0.3) is 0 Å². The number of nitrogens with zero attached hydrogens (tertiary/aromatic N) is 1. The highest BCUT2D eigenvalue weighted by Gasteiger charge is 2.27. The summed E-state index contributed by atoms with van der Waals surface area (Å²) in [4.78, 5) is 23.8. The zero-order chi connectivity index (χ0) is 19.9. The standard InChI is InChI=1S/C19H21NO6S/c1-3-25-18(21)14-20(27(23,24)17-8-6-5-7-9-17)16-12-10-15(11-13-16)19(22)26-4-2/h5-13H,3-4,14H2,1-2H3. The number of rotatable bonds is 8. The highest BCUT2D eigenvalue weighted by molar-refractivity contribution is 7.92. The second-order valence-electron chi connectivity index (χ2n) is 5.40. The second kappa shape index (κ2) is 9.18. The molecule has 0 aromatic heterocycles. The normalized spacial score (nSPS) is 10.9. The molecule has 144 valence electrons. The summed E-state index contributed by atoms with van der Waals surface area (Å²) in [6.45, 7) is 3.23. The van der Waals surface area contributed by atoms with E-state index in [1.54, 1.807) is 32.0 Å². The highest BCUT2D eigenvalue weighted by atomic mass is 32.2. The van der Waals surface area contributed by atoms with Gasteiger partial charge < -0.3 is 9.47 Å². The Balaban J connectivity index is 2.41. The third kappa shape index (κ3) is 5.07. The van der Waals surface area contributed by atoms with Gasteiger partial charge in [0, 0.05) is 0 Å². The summed E-state index contributed by atoms with van der Waals surface area (Å²) in [6.07, 6.45) is 0. The molecule has 0 saturated heterocycles. The van der Waals surface area contributed by atoms with Crippen LogP contribution in [-0.2, 0) is 24.3 Å². The van der Waals surface area contributed by atoms with E-state index in [2.05, 4.69) is 0 Å². The van der Waals surface area contributed by atoms with Crippen molar-refractivity contribution < 1.29 is 27.5 Å². The van der Waals surface area contributed by atoms with Crippen LogP contribution in [0.2, 0.25) is 0 Å². The van der Waals surface area contributed by atoms with E-state index in [9.17, 15) is 18.0 Å². The summed E-state index contributed by atoms with van der Waals surface area (Å²) in [6, 6.07) is 13.6. The van der Waals surface area contributed by atoms with Gasteiger partial charge in [0.15, 0.2) is 0 Å². The van der Waals surface area contributed by atoms with Gasteiger partial charge in [-0.25, -0.2) is 13.2 Å². The van der Waals surface area contributed by atoms with Gasteiger partial charge in [0.25, 0.3) is 10.0 Å². The van der Waals surface area contributed by atoms with Gasteiger partial charge in [-0.05, 0) is 50.2 Å². The van der Waals surface area contributed by atoms with E-state index in [0.29, 0.717) is 0 Å². The molecule has 0 atom stereocenters. The highest BCUT2D eigenvalue weighted by Crippen LogP contribution is 2.24. The molecular formula is C19H21NO6S. The van der Waals surface area contributed by atoms with E-state index in [4.69, 9.17) is 9.47 Å². The van der Waals surface area contributed by atoms with Gasteiger partial charge in [-0.1, -0.05) is 18.2 Å². The van der Waals surface area contributed by atoms with Crippen molar-refractivity contribution >= 4 is 27.6 Å². The molecule has 8 heteroatoms. The molecule has 0 aliphatic rings. The molecule has 0 N–H and O–H groups in total. The van der Waals surface area contributed by atoms with E-state index >= 15 is 0 Å². The predicted molar refractivity (Wildman–Crippen MR) is 100 cm³/mol. The number of hydrogen-bond acceptors (Lipinski definition) is 6. The van der Waals surface area contributed by atoms with Crippen LogP contribution >= 0.6 is 0 Å². The summed E-state index contributed by atoms with van der Waals surface area (Å²) in [7, 11) is -3.99. The molecule has 0 aliphatic carbocycles. The van der Waals surface area contributed by atoms with Gasteiger partial charge in [0.2, 0.25) is 0 Å². The number of sulfonamides is 1. The number of carbonyl (C=O) groups is 2. The molecule has 0 heterocycles. The van der Waals surface area contributed by atoms with Crippen molar-refractivity contribution in [3.05, 3.63) is 60.2 Å². The fourth-order valence-corrected chi connectivity index (χ4v) is 3.77. The van der Waals surface area contributed by atoms with Crippen LogP contribution in [-0.4, -0.2) is 40.1 Å². The maximum absolute atomic E-state index is 13.0. The molecule has 2 aromatic carbocycles. The predicted octanol–water partition coefficient (Wildman–Crippen LogP) is 2.62. The number of benzene rings is 2. The van der Waals surface area contributed by atoms with Crippen molar-refractivity contribution in [2.24, 2.45) is 0 Å². The van der Waals surface area contributed by atoms with Crippen LogP contribution in [0.15, 0.2) is 59.5 Å². The SMILES string of the molecule is CCOC(=O)CN(c1ccc(C(=O)OCC)cc1)S(=O)(=O)c1ccccc1. The lowest BCUT2D eigenvalue weighted by atomic mass is 10.2. The van der Waals surface area contributed by atoms with Crippen LogP contribution in [0, 0.1) is 0 Å². The van der Waals surface area contributed by atoms with Crippen molar-refractivity contribution in [3.8, 4) is 0 Å². The molecular weight excluding hydrogens is 370 g/mol. The third-order valence-electron chi connectivity index (χ3n) is 3.58. The van der Waals surface area contributed by atoms with Gasteiger partial charge in [-0.15, -0.1) is 0 Å². The quantitative estimate of drug-likeness (QED) is 0.643. The van der Waals surface area contributed by atoms with E-state index in [1.165, 1.54) is 36.4 Å². The Labute approximate surface area is 158 Å². The summed E-state index contributed by atoms with van der Waals surface area (Å²) < 4.78 is 36.8. The number of ether oxygens (including phenoxy) is 2. The molecule has 0 radical (unpaired) electrons. The van der Waals surface area contributed by atoms with Crippen molar-refractivity contribution in [3.63, 3.8) is 0 Å². The average molecular weight is 391 g/mol. The smallest absolute Gasteiger partial charge is 0.338 e. The summed E-state index contributed by atoms with van der Waals surface area (Å²) in [5, 5.41) is 0. The maximum atomic E-state index is 13.0. The van der Waals surface area contributed by atoms with Crippen LogP contribution in [0.5, 0.6) is 0 Å². The van der Waals surface area contributed by atoms with Crippen molar-refractivity contribution in [1.82, 2.24) is 0 Å². The first-order valence-electron chi connectivity index (χ1n) is 8.40. The minimum Gasteiger partial charge on any atom is -0.465 e. The fraction of sp³-hybridized carbons (Fsp3) is 0.263. The summed E-state index contributed by atoms with van der Waals surface area (Å²) >= 11 is 0. The Morgan fingerprint density at radius 3 is 2.04 bits per heavy atom. The average Bonchev–Trinajstić information content (AvgIpc) is 2.67. The molecule has 0 fully saturated rings. The zero-order valence-electron chi connectivity index (χ0n) is 15.1. The first-order chi connectivity index (χ1) is 12.9. The monoisotopic (exact) mass is 391 g/mol. The van der Waals surface area contributed by atoms with Crippen LogP contribution in [0.1, 0.15) is 24.2 Å². The molecule has 0 saturated carbocycles. The first-order valence-corrected chi connectivity index (χ1v) is 9.84. The lowest BCUT2D eigenvalue weighted by Gasteiger charge is -2.23. The number of hydrogen-bond donors (Lipinski definition) is 0. The number of esters is 2. The molecule has 0 spiro atoms. The summed E-state index contributed by atoms with van der Waals surface area (Å²) in [5.41, 5.74) is 0.522. The number of anilines is 1. The van der Waals surface area contributed by atoms with Crippen LogP contribution in [0.4, 0.5) is 5.69 Å². The topological polar surface area (TPSA) is 90.0 Å². The van der Waals surface area contributed by atoms with Crippen molar-refractivity contribution in [2.75, 3.05) is 24.1 Å². The molecule has 2 rings (SSSR count). The second-order valence-corrected chi connectivity index (χ2v) is 7.26. The summed E-state index contributed by atoms with van der Waals surface area (Å²) in [5.74, 6) is -1.18. The fourth-order valence-electron chi connectivity index (χ4n) is 2.34. The molecule has 0 bridgehead atoms. The molecule has 27 heavy (non-hydrogen) atoms. The van der Waals surface area contributed by atoms with E-state index < -0.39 is 28.5 Å². The van der Waals surface area contributed by atoms with Crippen LogP contribution in [0.3, 0.4) is 0 Å². The van der Waals surface area contributed by atoms with Gasteiger partial charge in [-0.3, -0.25) is 9.10 Å². The molecule has 0 aliphatic heterocycles. The van der Waals surface area contributed by atoms with E-state index in [1.807, 2.05) is 0 Å². The third-order valence-corrected chi connectivity index (χ3v) is 5.36. The molecule has 0 unspecified atom stereocenters. The Morgan fingerprint density at radius 1 is 0.889 bits per heavy atom. The van der Waals surface area contributed by atoms with Gasteiger partial charge in [0.05, 0.1) is 29.4 Å². The molecule has 0 amide bonds. The first kappa shape index (κ1) is 20.4. The van der Waals surface area contributed by atoms with E-state index in [0.717, 1.165) is 4.31 Å². The lowest BCUT2D eigenvalue weighted by Crippen LogP contribution is -2.36. The Morgan fingerprint density at radius 2 is 1.48 bits per heavy atom. The minimum atomic E-state index is -3.99. The van der Waals surface area contributed by atoms with Crippen molar-refractivity contribution in [1.29, 1.82) is 0 Å². The minimum absolute atomic E-state index is 0.0452. The van der Waals surface area contributed by atoms with Crippen LogP contribution < -0.4 is 4.31 Å². The lowest BCUT2D eigenvalue weighted by molar-refractivity contribution is -0.141. The Kier molecular flexibility index (Phi) is 6.95. The molecule has 2 aromatic rings. The van der Waals surface area contributed by atoms with Gasteiger partial charge in [0.1, 0.15) is 6.54 Å². The zero-order valence-corrected chi connectivity index (χ0v) is 15.9. The largest absolute Gasteiger partial charge is 0.465 e. The van der Waals surface area contributed by atoms with Crippen molar-refractivity contribution in [2.45, 2.75) is 18.7 Å². The van der Waals surface area contributed by atoms with Gasteiger partial charge in [-0.2, -0.15) is 0 Å². The Hall–Kier alpha value is -2.87.